The van der Waals surface area contributed by atoms with Gasteiger partial charge in [0.1, 0.15) is 0 Å². The van der Waals surface area contributed by atoms with Gasteiger partial charge < -0.3 is 15.2 Å². The van der Waals surface area contributed by atoms with E-state index in [2.05, 4.69) is 5.32 Å². The van der Waals surface area contributed by atoms with Gasteiger partial charge in [-0.05, 0) is 42.7 Å². The summed E-state index contributed by atoms with van der Waals surface area (Å²) in [5.74, 6) is -0.300. The molecule has 0 aliphatic heterocycles. The van der Waals surface area contributed by atoms with Crippen LogP contribution in [0.25, 0.3) is 0 Å². The number of aromatic hydroxyl groups is 1. The third-order valence-corrected chi connectivity index (χ3v) is 4.38. The predicted octanol–water partition coefficient (Wildman–Crippen LogP) is 5.29. The van der Waals surface area contributed by atoms with Gasteiger partial charge in [0.2, 0.25) is 0 Å². The minimum absolute atomic E-state index is 0.0728. The number of carbonyl (C=O) groups is 1. The number of ether oxygens (including phenoxy) is 1. The number of nitrogens with one attached hydrogen (secondary N) is 1. The van der Waals surface area contributed by atoms with Crippen LogP contribution >= 0.6 is 11.6 Å². The van der Waals surface area contributed by atoms with Gasteiger partial charge in [0.25, 0.3) is 5.91 Å². The van der Waals surface area contributed by atoms with Crippen molar-refractivity contribution in [2.45, 2.75) is 13.3 Å². The Morgan fingerprint density at radius 3 is 2.52 bits per heavy atom. The number of phenolic OH excluding ortho intramolecular Hbond substituents is 1. The number of benzene rings is 3. The minimum atomic E-state index is -0.321. The summed E-state index contributed by atoms with van der Waals surface area (Å²) in [7, 11) is 0. The van der Waals surface area contributed by atoms with Gasteiger partial charge in [0.05, 0.1) is 11.6 Å². The summed E-state index contributed by atoms with van der Waals surface area (Å²) >= 11 is 6.03. The molecule has 0 radical (unpaired) electrons. The van der Waals surface area contributed by atoms with E-state index in [9.17, 15) is 9.90 Å². The monoisotopic (exact) mass is 381 g/mol. The molecule has 0 heterocycles. The number of carbonyl (C=O) groups excluding carboxylic acids is 1. The molecule has 0 saturated heterocycles. The molecule has 27 heavy (non-hydrogen) atoms. The van der Waals surface area contributed by atoms with E-state index < -0.39 is 0 Å². The number of rotatable bonds is 6. The normalized spacial score (nSPS) is 10.4. The van der Waals surface area contributed by atoms with Crippen LogP contribution in [0.2, 0.25) is 5.02 Å². The summed E-state index contributed by atoms with van der Waals surface area (Å²) in [6.07, 6.45) is 0.706. The highest BCUT2D eigenvalue weighted by Crippen LogP contribution is 2.35. The molecule has 4 nitrogen and oxygen atoms in total. The quantitative estimate of drug-likeness (QED) is 0.610. The molecule has 138 valence electrons. The van der Waals surface area contributed by atoms with Crippen LogP contribution in [0.1, 0.15) is 28.4 Å². The van der Waals surface area contributed by atoms with Crippen LogP contribution in [0.4, 0.5) is 5.69 Å². The van der Waals surface area contributed by atoms with Gasteiger partial charge >= 0.3 is 0 Å². The second-order valence-corrected chi connectivity index (χ2v) is 6.42. The number of para-hydroxylation sites is 1. The van der Waals surface area contributed by atoms with Gasteiger partial charge in [-0.3, -0.25) is 4.79 Å². The lowest BCUT2D eigenvalue weighted by molar-refractivity contribution is 0.102. The van der Waals surface area contributed by atoms with Crippen molar-refractivity contribution in [3.63, 3.8) is 0 Å². The Balaban J connectivity index is 1.85. The molecular weight excluding hydrogens is 362 g/mol. The molecule has 0 aliphatic rings. The SMILES string of the molecule is CCOc1cc(C(=O)Nc2ccccc2Cc2ccccc2)cc(Cl)c1O. The summed E-state index contributed by atoms with van der Waals surface area (Å²) in [5.41, 5.74) is 3.21. The maximum Gasteiger partial charge on any atom is 0.255 e. The average Bonchev–Trinajstić information content (AvgIpc) is 2.67. The molecule has 3 aromatic rings. The largest absolute Gasteiger partial charge is 0.503 e. The molecule has 1 amide bonds. The van der Waals surface area contributed by atoms with E-state index in [4.69, 9.17) is 16.3 Å². The van der Waals surface area contributed by atoms with Crippen molar-refractivity contribution in [2.24, 2.45) is 0 Å². The number of hydrogen-bond donors (Lipinski definition) is 2. The lowest BCUT2D eigenvalue weighted by atomic mass is 10.0. The van der Waals surface area contributed by atoms with E-state index in [0.717, 1.165) is 16.8 Å². The van der Waals surface area contributed by atoms with Crippen molar-refractivity contribution >= 4 is 23.2 Å². The van der Waals surface area contributed by atoms with Crippen molar-refractivity contribution in [2.75, 3.05) is 11.9 Å². The van der Waals surface area contributed by atoms with Crippen molar-refractivity contribution in [3.05, 3.63) is 88.4 Å². The van der Waals surface area contributed by atoms with Gasteiger partial charge in [-0.2, -0.15) is 0 Å². The minimum Gasteiger partial charge on any atom is -0.503 e. The summed E-state index contributed by atoms with van der Waals surface area (Å²) in [6, 6.07) is 20.6. The molecule has 2 N–H and O–H groups in total. The molecule has 0 unspecified atom stereocenters. The number of phenols is 1. The van der Waals surface area contributed by atoms with Crippen LogP contribution in [-0.2, 0) is 6.42 Å². The second-order valence-electron chi connectivity index (χ2n) is 6.01. The topological polar surface area (TPSA) is 58.6 Å². The molecular formula is C22H20ClNO3. The maximum absolute atomic E-state index is 12.7. The lowest BCUT2D eigenvalue weighted by Gasteiger charge is -2.13. The zero-order chi connectivity index (χ0) is 19.2. The smallest absolute Gasteiger partial charge is 0.255 e. The molecule has 0 spiro atoms. The number of hydrogen-bond acceptors (Lipinski definition) is 3. The van der Waals surface area contributed by atoms with Crippen molar-refractivity contribution in [1.29, 1.82) is 0 Å². The second kappa shape index (κ2) is 8.60. The highest BCUT2D eigenvalue weighted by molar-refractivity contribution is 6.32. The standard InChI is InChI=1S/C22H20ClNO3/c1-2-27-20-14-17(13-18(23)21(20)25)22(26)24-19-11-7-6-10-16(19)12-15-8-4-3-5-9-15/h3-11,13-14,25H,2,12H2,1H3,(H,24,26). The Morgan fingerprint density at radius 2 is 1.78 bits per heavy atom. The fraction of sp³-hybridized carbons (Fsp3) is 0.136. The Hall–Kier alpha value is -2.98. The van der Waals surface area contributed by atoms with E-state index in [1.165, 1.54) is 12.1 Å². The highest BCUT2D eigenvalue weighted by atomic mass is 35.5. The zero-order valence-corrected chi connectivity index (χ0v) is 15.7. The Kier molecular flexibility index (Phi) is 5.99. The zero-order valence-electron chi connectivity index (χ0n) is 14.9. The number of amides is 1. The van der Waals surface area contributed by atoms with Crippen molar-refractivity contribution in [3.8, 4) is 11.5 Å². The van der Waals surface area contributed by atoms with Crippen LogP contribution < -0.4 is 10.1 Å². The molecule has 0 atom stereocenters. The van der Waals surface area contributed by atoms with E-state index >= 15 is 0 Å². The van der Waals surface area contributed by atoms with Crippen molar-refractivity contribution in [1.82, 2.24) is 0 Å². The summed E-state index contributed by atoms with van der Waals surface area (Å²) < 4.78 is 5.35. The van der Waals surface area contributed by atoms with Crippen LogP contribution in [0.15, 0.2) is 66.7 Å². The molecule has 0 aliphatic carbocycles. The van der Waals surface area contributed by atoms with Gasteiger partial charge in [-0.15, -0.1) is 0 Å². The first-order chi connectivity index (χ1) is 13.1. The molecule has 3 aromatic carbocycles. The first-order valence-corrected chi connectivity index (χ1v) is 9.04. The molecule has 0 bridgehead atoms. The summed E-state index contributed by atoms with van der Waals surface area (Å²) in [4.78, 5) is 12.7. The highest BCUT2D eigenvalue weighted by Gasteiger charge is 2.15. The number of halogens is 1. The van der Waals surface area contributed by atoms with Crippen molar-refractivity contribution < 1.29 is 14.6 Å². The molecule has 0 saturated carbocycles. The van der Waals surface area contributed by atoms with Gasteiger partial charge in [0, 0.05) is 11.3 Å². The van der Waals surface area contributed by atoms with Crippen LogP contribution in [0, 0.1) is 0 Å². The Bertz CT molecular complexity index is 942. The Morgan fingerprint density at radius 1 is 1.07 bits per heavy atom. The molecule has 0 aromatic heterocycles. The Labute approximate surface area is 163 Å². The fourth-order valence-corrected chi connectivity index (χ4v) is 2.99. The van der Waals surface area contributed by atoms with Crippen LogP contribution in [-0.4, -0.2) is 17.6 Å². The van der Waals surface area contributed by atoms with E-state index in [1.807, 2.05) is 54.6 Å². The third kappa shape index (κ3) is 4.60. The first kappa shape index (κ1) is 18.8. The predicted molar refractivity (Wildman–Crippen MR) is 108 cm³/mol. The fourth-order valence-electron chi connectivity index (χ4n) is 2.78. The average molecular weight is 382 g/mol. The number of anilines is 1. The molecule has 5 heteroatoms. The maximum atomic E-state index is 12.7. The first-order valence-electron chi connectivity index (χ1n) is 8.67. The molecule has 3 rings (SSSR count). The molecule has 0 fully saturated rings. The lowest BCUT2D eigenvalue weighted by Crippen LogP contribution is -2.13. The van der Waals surface area contributed by atoms with E-state index in [1.54, 1.807) is 6.92 Å². The van der Waals surface area contributed by atoms with Gasteiger partial charge in [-0.1, -0.05) is 60.1 Å². The third-order valence-electron chi connectivity index (χ3n) is 4.09. The van der Waals surface area contributed by atoms with E-state index in [-0.39, 0.29) is 22.4 Å². The van der Waals surface area contributed by atoms with E-state index in [0.29, 0.717) is 18.6 Å². The van der Waals surface area contributed by atoms with Crippen LogP contribution in [0.5, 0.6) is 11.5 Å². The summed E-state index contributed by atoms with van der Waals surface area (Å²) in [5, 5.41) is 12.9. The van der Waals surface area contributed by atoms with Gasteiger partial charge in [0.15, 0.2) is 11.5 Å². The summed E-state index contributed by atoms with van der Waals surface area (Å²) in [6.45, 7) is 2.15. The van der Waals surface area contributed by atoms with Gasteiger partial charge in [-0.25, -0.2) is 0 Å². The van der Waals surface area contributed by atoms with Crippen LogP contribution in [0.3, 0.4) is 0 Å².